The summed E-state index contributed by atoms with van der Waals surface area (Å²) in [6.45, 7) is 4.22. The number of methoxy groups -OCH3 is 2. The molecule has 0 amide bonds. The number of hydrogen-bond acceptors (Lipinski definition) is 5. The molecule has 0 radical (unpaired) electrons. The first kappa shape index (κ1) is 28.6. The van der Waals surface area contributed by atoms with Crippen LogP contribution in [-0.4, -0.2) is 101 Å². The molecule has 1 fully saturated rings. The van der Waals surface area contributed by atoms with Crippen LogP contribution in [0.15, 0.2) is 23.2 Å². The van der Waals surface area contributed by atoms with Crippen molar-refractivity contribution in [2.75, 3.05) is 74.1 Å². The van der Waals surface area contributed by atoms with Crippen molar-refractivity contribution in [3.63, 3.8) is 0 Å². The summed E-state index contributed by atoms with van der Waals surface area (Å²) in [7, 11) is 6.53. The summed E-state index contributed by atoms with van der Waals surface area (Å²) in [5.74, 6) is 2.44. The molecular formula is C21H35F3IN5O2. The van der Waals surface area contributed by atoms with Gasteiger partial charge in [0.05, 0.1) is 20.8 Å². The molecule has 1 N–H and O–H groups in total. The van der Waals surface area contributed by atoms with Crippen molar-refractivity contribution < 1.29 is 22.6 Å². The molecule has 0 bridgehead atoms. The molecule has 1 aliphatic heterocycles. The molecule has 0 aliphatic carbocycles. The molecule has 1 heterocycles. The molecule has 7 nitrogen and oxygen atoms in total. The van der Waals surface area contributed by atoms with E-state index in [-0.39, 0.29) is 24.0 Å². The summed E-state index contributed by atoms with van der Waals surface area (Å²) in [4.78, 5) is 10.2. The van der Waals surface area contributed by atoms with Gasteiger partial charge in [0.25, 0.3) is 0 Å². The van der Waals surface area contributed by atoms with Crippen molar-refractivity contribution in [2.45, 2.75) is 19.1 Å². The number of aliphatic imine (C=N–C) groups is 1. The van der Waals surface area contributed by atoms with Crippen LogP contribution in [0.25, 0.3) is 0 Å². The number of ether oxygens (including phenoxy) is 2. The smallest absolute Gasteiger partial charge is 0.401 e. The average molecular weight is 573 g/mol. The molecule has 1 aromatic rings. The first-order valence-corrected chi connectivity index (χ1v) is 10.4. The highest BCUT2D eigenvalue weighted by atomic mass is 127. The summed E-state index contributed by atoms with van der Waals surface area (Å²) in [5, 5.41) is 3.27. The fraction of sp³-hybridized carbons (Fsp3) is 0.667. The van der Waals surface area contributed by atoms with Crippen LogP contribution in [0.4, 0.5) is 13.2 Å². The molecule has 0 unspecified atom stereocenters. The minimum Gasteiger partial charge on any atom is -0.497 e. The van der Waals surface area contributed by atoms with E-state index in [2.05, 4.69) is 20.1 Å². The van der Waals surface area contributed by atoms with Gasteiger partial charge in [0.15, 0.2) is 5.96 Å². The summed E-state index contributed by atoms with van der Waals surface area (Å²) >= 11 is 0. The number of guanidine groups is 1. The molecule has 1 saturated heterocycles. The standard InChI is InChI=1S/C21H34F3N5O2.HI/c1-25-20(26-8-5-9-27(2)16-21(22,23)24)29-12-10-28(11-13-29)15-17-14-18(30-3)6-7-19(17)31-4;/h6-7,14H,5,8-13,15-16H2,1-4H3,(H,25,26);1H. The van der Waals surface area contributed by atoms with Gasteiger partial charge < -0.3 is 19.7 Å². The number of alkyl halides is 3. The molecule has 11 heteroatoms. The predicted octanol–water partition coefficient (Wildman–Crippen LogP) is 2.90. The normalized spacial score (nSPS) is 15.5. The van der Waals surface area contributed by atoms with Crippen molar-refractivity contribution in [2.24, 2.45) is 4.99 Å². The molecule has 0 atom stereocenters. The lowest BCUT2D eigenvalue weighted by Crippen LogP contribution is -2.52. The Hall–Kier alpha value is -1.47. The van der Waals surface area contributed by atoms with Crippen LogP contribution in [0, 0.1) is 0 Å². The van der Waals surface area contributed by atoms with Crippen LogP contribution in [0.5, 0.6) is 11.5 Å². The molecule has 2 rings (SSSR count). The largest absolute Gasteiger partial charge is 0.497 e. The SMILES string of the molecule is CN=C(NCCCN(C)CC(F)(F)F)N1CCN(Cc2cc(OC)ccc2OC)CC1.I. The van der Waals surface area contributed by atoms with Gasteiger partial charge in [0.2, 0.25) is 0 Å². The first-order valence-electron chi connectivity index (χ1n) is 10.4. The lowest BCUT2D eigenvalue weighted by Gasteiger charge is -2.36. The maximum atomic E-state index is 12.4. The summed E-state index contributed by atoms with van der Waals surface area (Å²) in [6.07, 6.45) is -3.55. The maximum Gasteiger partial charge on any atom is 0.401 e. The maximum absolute atomic E-state index is 12.4. The summed E-state index contributed by atoms with van der Waals surface area (Å²) in [6, 6.07) is 5.81. The summed E-state index contributed by atoms with van der Waals surface area (Å²) in [5.41, 5.74) is 1.08. The minimum absolute atomic E-state index is 0. The van der Waals surface area contributed by atoms with Gasteiger partial charge in [-0.2, -0.15) is 13.2 Å². The van der Waals surface area contributed by atoms with Gasteiger partial charge in [-0.1, -0.05) is 0 Å². The Labute approximate surface area is 205 Å². The van der Waals surface area contributed by atoms with E-state index in [0.29, 0.717) is 19.5 Å². The van der Waals surface area contributed by atoms with E-state index in [1.807, 2.05) is 18.2 Å². The number of nitrogens with zero attached hydrogens (tertiary/aromatic N) is 4. The zero-order valence-electron chi connectivity index (χ0n) is 19.2. The zero-order valence-corrected chi connectivity index (χ0v) is 21.6. The van der Waals surface area contributed by atoms with Crippen LogP contribution >= 0.6 is 24.0 Å². The van der Waals surface area contributed by atoms with Gasteiger partial charge in [-0.25, -0.2) is 0 Å². The van der Waals surface area contributed by atoms with Crippen LogP contribution in [-0.2, 0) is 6.54 Å². The molecule has 184 valence electrons. The molecule has 0 aromatic heterocycles. The minimum atomic E-state index is -4.16. The number of halogens is 4. The average Bonchev–Trinajstić information content (AvgIpc) is 2.73. The van der Waals surface area contributed by atoms with E-state index in [1.165, 1.54) is 11.9 Å². The van der Waals surface area contributed by atoms with Crippen LogP contribution < -0.4 is 14.8 Å². The summed E-state index contributed by atoms with van der Waals surface area (Å²) < 4.78 is 48.0. The van der Waals surface area contributed by atoms with Crippen molar-refractivity contribution >= 4 is 29.9 Å². The highest BCUT2D eigenvalue weighted by Gasteiger charge is 2.28. The lowest BCUT2D eigenvalue weighted by molar-refractivity contribution is -0.143. The topological polar surface area (TPSA) is 52.6 Å². The first-order chi connectivity index (χ1) is 14.8. The van der Waals surface area contributed by atoms with Crippen LogP contribution in [0.1, 0.15) is 12.0 Å². The van der Waals surface area contributed by atoms with E-state index < -0.39 is 12.7 Å². The molecule has 1 aromatic carbocycles. The van der Waals surface area contributed by atoms with E-state index in [4.69, 9.17) is 9.47 Å². The van der Waals surface area contributed by atoms with Gasteiger partial charge in [-0.05, 0) is 38.2 Å². The molecule has 1 aliphatic rings. The van der Waals surface area contributed by atoms with Crippen molar-refractivity contribution in [1.82, 2.24) is 20.0 Å². The lowest BCUT2D eigenvalue weighted by atomic mass is 10.1. The third-order valence-corrected chi connectivity index (χ3v) is 5.21. The van der Waals surface area contributed by atoms with Gasteiger partial charge in [-0.3, -0.25) is 14.8 Å². The van der Waals surface area contributed by atoms with E-state index in [9.17, 15) is 13.2 Å². The Morgan fingerprint density at radius 1 is 1.16 bits per heavy atom. The fourth-order valence-corrected chi connectivity index (χ4v) is 3.63. The van der Waals surface area contributed by atoms with Crippen molar-refractivity contribution in [3.05, 3.63) is 23.8 Å². The van der Waals surface area contributed by atoms with Gasteiger partial charge in [0.1, 0.15) is 11.5 Å². The van der Waals surface area contributed by atoms with Gasteiger partial charge in [-0.15, -0.1) is 24.0 Å². The van der Waals surface area contributed by atoms with Crippen molar-refractivity contribution in [1.29, 1.82) is 0 Å². The number of rotatable bonds is 9. The number of benzene rings is 1. The highest BCUT2D eigenvalue weighted by molar-refractivity contribution is 14.0. The highest BCUT2D eigenvalue weighted by Crippen LogP contribution is 2.25. The number of piperazine rings is 1. The Morgan fingerprint density at radius 2 is 1.84 bits per heavy atom. The second kappa shape index (κ2) is 13.9. The van der Waals surface area contributed by atoms with E-state index >= 15 is 0 Å². The molecular weight excluding hydrogens is 538 g/mol. The third kappa shape index (κ3) is 9.57. The Balaban J connectivity index is 0.00000512. The second-order valence-electron chi connectivity index (χ2n) is 7.62. The van der Waals surface area contributed by atoms with Crippen LogP contribution in [0.2, 0.25) is 0 Å². The molecule has 0 spiro atoms. The Morgan fingerprint density at radius 3 is 2.41 bits per heavy atom. The number of hydrogen-bond donors (Lipinski definition) is 1. The fourth-order valence-electron chi connectivity index (χ4n) is 3.63. The Kier molecular flexibility index (Phi) is 12.4. The second-order valence-corrected chi connectivity index (χ2v) is 7.62. The van der Waals surface area contributed by atoms with E-state index in [0.717, 1.165) is 55.7 Å². The molecule has 32 heavy (non-hydrogen) atoms. The van der Waals surface area contributed by atoms with Gasteiger partial charge in [0, 0.05) is 51.9 Å². The monoisotopic (exact) mass is 573 g/mol. The predicted molar refractivity (Wildman–Crippen MR) is 131 cm³/mol. The van der Waals surface area contributed by atoms with Crippen LogP contribution in [0.3, 0.4) is 0 Å². The molecule has 0 saturated carbocycles. The van der Waals surface area contributed by atoms with Crippen molar-refractivity contribution in [3.8, 4) is 11.5 Å². The number of nitrogens with one attached hydrogen (secondary N) is 1. The third-order valence-electron chi connectivity index (χ3n) is 5.21. The zero-order chi connectivity index (χ0) is 22.9. The quantitative estimate of drug-likeness (QED) is 0.212. The Bertz CT molecular complexity index is 713. The van der Waals surface area contributed by atoms with Gasteiger partial charge >= 0.3 is 6.18 Å². The van der Waals surface area contributed by atoms with E-state index in [1.54, 1.807) is 21.3 Å².